The molecule has 6 heteroatoms. The third-order valence-corrected chi connectivity index (χ3v) is 7.05. The van der Waals surface area contributed by atoms with Crippen molar-refractivity contribution in [1.82, 2.24) is 0 Å². The van der Waals surface area contributed by atoms with E-state index in [1.165, 1.54) is 0 Å². The van der Waals surface area contributed by atoms with Crippen molar-refractivity contribution < 1.29 is 19.1 Å². The summed E-state index contributed by atoms with van der Waals surface area (Å²) in [5.41, 5.74) is 6.98. The number of benzene rings is 3. The van der Waals surface area contributed by atoms with E-state index in [0.717, 1.165) is 64.9 Å². The lowest BCUT2D eigenvalue weighted by atomic mass is 9.87. The molecule has 3 aromatic carbocycles. The predicted molar refractivity (Wildman–Crippen MR) is 164 cm³/mol. The smallest absolute Gasteiger partial charge is 0.262 e. The van der Waals surface area contributed by atoms with Crippen molar-refractivity contribution in [3.8, 4) is 11.5 Å². The van der Waals surface area contributed by atoms with E-state index in [0.29, 0.717) is 11.5 Å². The number of amides is 2. The topological polar surface area (TPSA) is 76.7 Å². The van der Waals surface area contributed by atoms with E-state index in [9.17, 15) is 9.59 Å². The van der Waals surface area contributed by atoms with Gasteiger partial charge in [-0.1, -0.05) is 90.9 Å². The molecule has 0 aliphatic carbocycles. The van der Waals surface area contributed by atoms with Gasteiger partial charge in [-0.15, -0.1) is 0 Å². The summed E-state index contributed by atoms with van der Waals surface area (Å²) in [6.45, 7) is 14.3. The van der Waals surface area contributed by atoms with Gasteiger partial charge in [0.05, 0.1) is 0 Å². The molecule has 0 saturated carbocycles. The number of carbonyl (C=O) groups excluding carboxylic acids is 2. The molecule has 0 saturated heterocycles. The Morgan fingerprint density at radius 1 is 0.625 bits per heavy atom. The van der Waals surface area contributed by atoms with Gasteiger partial charge in [0.15, 0.2) is 24.7 Å². The van der Waals surface area contributed by atoms with Crippen molar-refractivity contribution >= 4 is 23.2 Å². The molecule has 0 atom stereocenters. The second-order valence-electron chi connectivity index (χ2n) is 10.9. The second kappa shape index (κ2) is 14.0. The lowest BCUT2D eigenvalue weighted by Gasteiger charge is -2.22. The van der Waals surface area contributed by atoms with Crippen LogP contribution >= 0.6 is 0 Å². The number of hydrogen-bond donors (Lipinski definition) is 2. The van der Waals surface area contributed by atoms with E-state index in [2.05, 4.69) is 59.1 Å². The summed E-state index contributed by atoms with van der Waals surface area (Å²) >= 11 is 0. The molecule has 6 nitrogen and oxygen atoms in total. The Kier molecular flexibility index (Phi) is 10.8. The van der Waals surface area contributed by atoms with Crippen molar-refractivity contribution in [2.45, 2.75) is 79.6 Å². The van der Waals surface area contributed by atoms with Crippen molar-refractivity contribution in [2.75, 3.05) is 23.8 Å². The van der Waals surface area contributed by atoms with Crippen LogP contribution < -0.4 is 20.1 Å². The molecule has 0 aliphatic rings. The molecule has 214 valence electrons. The minimum absolute atomic E-state index is 0.132. The Balaban J connectivity index is 1.75. The predicted octanol–water partition coefficient (Wildman–Crippen LogP) is 7.27. The Bertz CT molecular complexity index is 1280. The summed E-state index contributed by atoms with van der Waals surface area (Å²) < 4.78 is 11.9. The van der Waals surface area contributed by atoms with E-state index >= 15 is 0 Å². The van der Waals surface area contributed by atoms with E-state index in [-0.39, 0.29) is 30.4 Å². The molecule has 0 unspecified atom stereocenters. The summed E-state index contributed by atoms with van der Waals surface area (Å²) in [6, 6.07) is 17.8. The minimum Gasteiger partial charge on any atom is -0.480 e. The summed E-state index contributed by atoms with van der Waals surface area (Å²) in [5, 5.41) is 6.08. The molecule has 2 N–H and O–H groups in total. The molecule has 40 heavy (non-hydrogen) atoms. The second-order valence-corrected chi connectivity index (χ2v) is 10.9. The lowest BCUT2D eigenvalue weighted by molar-refractivity contribution is -0.119. The van der Waals surface area contributed by atoms with E-state index in [4.69, 9.17) is 9.47 Å². The first-order chi connectivity index (χ1) is 19.1. The summed E-state index contributed by atoms with van der Waals surface area (Å²) in [7, 11) is 0. The summed E-state index contributed by atoms with van der Waals surface area (Å²) in [5.74, 6) is 0.350. The number of carbonyl (C=O) groups is 2. The zero-order valence-electron chi connectivity index (χ0n) is 25.1. The van der Waals surface area contributed by atoms with Crippen LogP contribution in [0.15, 0.2) is 54.6 Å². The average Bonchev–Trinajstić information content (AvgIpc) is 2.94. The van der Waals surface area contributed by atoms with Gasteiger partial charge in [0.25, 0.3) is 11.8 Å². The van der Waals surface area contributed by atoms with E-state index in [1.54, 1.807) is 6.07 Å². The highest BCUT2D eigenvalue weighted by molar-refractivity contribution is 5.94. The Hall–Kier alpha value is -3.80. The molecular weight excluding hydrogens is 500 g/mol. The van der Waals surface area contributed by atoms with Gasteiger partial charge in [0.2, 0.25) is 0 Å². The van der Waals surface area contributed by atoms with Crippen molar-refractivity contribution in [3.63, 3.8) is 0 Å². The van der Waals surface area contributed by atoms with Crippen LogP contribution in [0, 0.1) is 0 Å². The van der Waals surface area contributed by atoms with Crippen molar-refractivity contribution in [3.05, 3.63) is 82.4 Å². The van der Waals surface area contributed by atoms with Crippen molar-refractivity contribution in [2.24, 2.45) is 0 Å². The zero-order valence-corrected chi connectivity index (χ0v) is 25.1. The van der Waals surface area contributed by atoms with Crippen LogP contribution in [0.1, 0.15) is 76.3 Å². The van der Waals surface area contributed by atoms with Gasteiger partial charge in [0, 0.05) is 11.4 Å². The van der Waals surface area contributed by atoms with Crippen molar-refractivity contribution in [1.29, 1.82) is 0 Å². The molecule has 0 fully saturated rings. The SMILES string of the molecule is CCc1cccc(CC)c1NC(=O)COc1ccc(C(C)(C)C)cc1OCC(=O)Nc1c(CC)cccc1CC. The third kappa shape index (κ3) is 7.87. The van der Waals surface area contributed by atoms with Crippen LogP contribution in [0.3, 0.4) is 0 Å². The number of nitrogens with one attached hydrogen (secondary N) is 2. The third-order valence-electron chi connectivity index (χ3n) is 7.05. The molecule has 0 bridgehead atoms. The molecule has 0 heterocycles. The van der Waals surface area contributed by atoms with Crippen LogP contribution in [0.2, 0.25) is 0 Å². The van der Waals surface area contributed by atoms with Crippen LogP contribution in [0.4, 0.5) is 11.4 Å². The van der Waals surface area contributed by atoms with Gasteiger partial charge in [-0.2, -0.15) is 0 Å². The fourth-order valence-electron chi connectivity index (χ4n) is 4.65. The largest absolute Gasteiger partial charge is 0.480 e. The maximum absolute atomic E-state index is 13.0. The first kappa shape index (κ1) is 30.7. The fourth-order valence-corrected chi connectivity index (χ4v) is 4.65. The molecule has 3 aromatic rings. The molecule has 0 radical (unpaired) electrons. The molecule has 0 spiro atoms. The van der Waals surface area contributed by atoms with Gasteiger partial charge in [0.1, 0.15) is 0 Å². The fraction of sp³-hybridized carbons (Fsp3) is 0.412. The summed E-state index contributed by atoms with van der Waals surface area (Å²) in [6.07, 6.45) is 3.28. The van der Waals surface area contributed by atoms with Gasteiger partial charge >= 0.3 is 0 Å². The van der Waals surface area contributed by atoms with Gasteiger partial charge in [-0.3, -0.25) is 9.59 Å². The molecular formula is C34H44N2O4. The highest BCUT2D eigenvalue weighted by atomic mass is 16.5. The standard InChI is InChI=1S/C34H44N2O4/c1-8-23-14-12-15-24(9-2)32(23)35-30(37)21-39-28-19-18-27(34(5,6)7)20-29(28)40-22-31(38)36-33-25(10-3)16-13-17-26(33)11-4/h12-20H,8-11,21-22H2,1-7H3,(H,35,37)(H,36,38). The Morgan fingerprint density at radius 3 is 1.40 bits per heavy atom. The quantitative estimate of drug-likeness (QED) is 0.251. The lowest BCUT2D eigenvalue weighted by Crippen LogP contribution is -2.23. The molecule has 0 aromatic heterocycles. The van der Waals surface area contributed by atoms with Gasteiger partial charge in [-0.05, 0) is 71.0 Å². The van der Waals surface area contributed by atoms with E-state index in [1.807, 2.05) is 48.5 Å². The highest BCUT2D eigenvalue weighted by Gasteiger charge is 2.19. The van der Waals surface area contributed by atoms with Gasteiger partial charge < -0.3 is 20.1 Å². The number of hydrogen-bond acceptors (Lipinski definition) is 4. The monoisotopic (exact) mass is 544 g/mol. The number of para-hydroxylation sites is 2. The Morgan fingerprint density at radius 2 is 1.02 bits per heavy atom. The summed E-state index contributed by atoms with van der Waals surface area (Å²) in [4.78, 5) is 25.9. The highest BCUT2D eigenvalue weighted by Crippen LogP contribution is 2.34. The number of anilines is 2. The van der Waals surface area contributed by atoms with Gasteiger partial charge in [-0.25, -0.2) is 0 Å². The first-order valence-electron chi connectivity index (χ1n) is 14.3. The number of aryl methyl sites for hydroxylation is 4. The maximum atomic E-state index is 13.0. The first-order valence-corrected chi connectivity index (χ1v) is 14.3. The average molecular weight is 545 g/mol. The number of rotatable bonds is 12. The zero-order chi connectivity index (χ0) is 29.3. The van der Waals surface area contributed by atoms with Crippen LogP contribution in [0.5, 0.6) is 11.5 Å². The van der Waals surface area contributed by atoms with Crippen LogP contribution in [0.25, 0.3) is 0 Å². The Labute approximate surface area is 239 Å². The molecule has 3 rings (SSSR count). The van der Waals surface area contributed by atoms with E-state index < -0.39 is 0 Å². The van der Waals surface area contributed by atoms with Crippen LogP contribution in [-0.4, -0.2) is 25.0 Å². The molecule has 0 aliphatic heterocycles. The minimum atomic E-state index is -0.248. The molecule has 2 amide bonds. The van der Waals surface area contributed by atoms with Crippen LogP contribution in [-0.2, 0) is 40.7 Å². The number of ether oxygens (including phenoxy) is 2. The maximum Gasteiger partial charge on any atom is 0.262 e. The normalized spacial score (nSPS) is 11.2.